The number of hydrogen-bond donors (Lipinski definition) is 0. The fourth-order valence-corrected chi connectivity index (χ4v) is 2.96. The zero-order chi connectivity index (χ0) is 18.1. The van der Waals surface area contributed by atoms with Gasteiger partial charge in [-0.05, 0) is 50.5 Å². The molecule has 2 aromatic heterocycles. The van der Waals surface area contributed by atoms with E-state index in [2.05, 4.69) is 4.98 Å². The van der Waals surface area contributed by atoms with E-state index >= 15 is 0 Å². The van der Waals surface area contributed by atoms with Crippen LogP contribution in [-0.4, -0.2) is 17.6 Å². The highest BCUT2D eigenvalue weighted by molar-refractivity contribution is 5.97. The average molecular weight is 339 g/mol. The zero-order valence-electron chi connectivity index (χ0n) is 14.9. The molecule has 2 heterocycles. The molecule has 0 fully saturated rings. The number of unbranched alkanes of at least 4 members (excludes halogenated alkanes) is 1. The van der Waals surface area contributed by atoms with Crippen LogP contribution < -0.4 is 5.43 Å². The molecule has 5 heteroatoms. The van der Waals surface area contributed by atoms with Gasteiger partial charge in [0.25, 0.3) is 0 Å². The van der Waals surface area contributed by atoms with Gasteiger partial charge in [0.05, 0.1) is 28.6 Å². The number of aryl methyl sites for hydroxylation is 3. The first-order valence-electron chi connectivity index (χ1n) is 8.45. The van der Waals surface area contributed by atoms with Crippen LogP contribution in [0.5, 0.6) is 0 Å². The highest BCUT2D eigenvalue weighted by Gasteiger charge is 2.18. The molecule has 0 aliphatic carbocycles. The van der Waals surface area contributed by atoms with Gasteiger partial charge in [0, 0.05) is 0 Å². The van der Waals surface area contributed by atoms with Crippen LogP contribution in [0.1, 0.15) is 46.9 Å². The first kappa shape index (κ1) is 17.1. The van der Waals surface area contributed by atoms with Crippen molar-refractivity contribution in [2.45, 2.75) is 40.5 Å². The second kappa shape index (κ2) is 6.67. The molecular weight excluding hydrogens is 318 g/mol. The van der Waals surface area contributed by atoms with Crippen LogP contribution in [-0.2, 0) is 4.74 Å². The Hall–Kier alpha value is -2.69. The number of carbonyl (C=O) groups is 1. The van der Waals surface area contributed by atoms with Crippen molar-refractivity contribution in [3.05, 3.63) is 50.8 Å². The monoisotopic (exact) mass is 339 g/mol. The first-order chi connectivity index (χ1) is 11.9. The fourth-order valence-electron chi connectivity index (χ4n) is 2.96. The third-order valence-electron chi connectivity index (χ3n) is 4.25. The molecule has 0 saturated heterocycles. The fraction of sp³-hybridized carbons (Fsp3) is 0.350. The van der Waals surface area contributed by atoms with Crippen LogP contribution in [0.25, 0.3) is 22.1 Å². The van der Waals surface area contributed by atoms with E-state index in [9.17, 15) is 9.59 Å². The van der Waals surface area contributed by atoms with Crippen molar-refractivity contribution >= 4 is 28.0 Å². The summed E-state index contributed by atoms with van der Waals surface area (Å²) in [5, 5.41) is 0.821. The smallest absolute Gasteiger partial charge is 0.340 e. The molecule has 3 aromatic rings. The highest BCUT2D eigenvalue weighted by Crippen LogP contribution is 2.23. The number of nitrogens with zero attached hydrogens (tertiary/aromatic N) is 1. The molecule has 0 N–H and O–H groups in total. The van der Waals surface area contributed by atoms with Crippen LogP contribution in [0, 0.1) is 20.8 Å². The lowest BCUT2D eigenvalue weighted by molar-refractivity contribution is 0.0498. The lowest BCUT2D eigenvalue weighted by Gasteiger charge is -2.09. The highest BCUT2D eigenvalue weighted by atomic mass is 16.5. The molecule has 0 amide bonds. The summed E-state index contributed by atoms with van der Waals surface area (Å²) in [4.78, 5) is 29.5. The molecular formula is C20H21NO4. The quantitative estimate of drug-likeness (QED) is 0.404. The van der Waals surface area contributed by atoms with Gasteiger partial charge in [-0.3, -0.25) is 4.79 Å². The number of benzene rings is 1. The lowest BCUT2D eigenvalue weighted by atomic mass is 10.0. The molecule has 0 radical (unpaired) electrons. The Balaban J connectivity index is 2.19. The average Bonchev–Trinajstić information content (AvgIpc) is 2.53. The molecule has 0 aliphatic rings. The van der Waals surface area contributed by atoms with E-state index in [0.717, 1.165) is 24.0 Å². The standard InChI is InChI=1S/C20H21NO4/c1-5-6-7-24-20(23)14-10-15-18(22)17-12(3)8-11(2)9-16(17)25-19(15)21-13(14)4/h8-10H,5-7H2,1-4H3. The van der Waals surface area contributed by atoms with Crippen molar-refractivity contribution in [2.75, 3.05) is 6.61 Å². The van der Waals surface area contributed by atoms with Gasteiger partial charge in [-0.25, -0.2) is 9.78 Å². The molecule has 0 saturated carbocycles. The van der Waals surface area contributed by atoms with Crippen LogP contribution in [0.15, 0.2) is 27.4 Å². The number of aromatic nitrogens is 1. The van der Waals surface area contributed by atoms with E-state index in [1.807, 2.05) is 32.9 Å². The van der Waals surface area contributed by atoms with Gasteiger partial charge >= 0.3 is 5.97 Å². The Labute approximate surface area is 145 Å². The third kappa shape index (κ3) is 3.14. The summed E-state index contributed by atoms with van der Waals surface area (Å²) >= 11 is 0. The SMILES string of the molecule is CCCCOC(=O)c1cc2c(=O)c3c(C)cc(C)cc3oc2nc1C. The van der Waals surface area contributed by atoms with Crippen LogP contribution in [0.4, 0.5) is 0 Å². The van der Waals surface area contributed by atoms with Gasteiger partial charge < -0.3 is 9.15 Å². The minimum atomic E-state index is -0.458. The summed E-state index contributed by atoms with van der Waals surface area (Å²) in [6.45, 7) is 7.92. The lowest BCUT2D eigenvalue weighted by Crippen LogP contribution is -2.12. The molecule has 0 unspecified atom stereocenters. The summed E-state index contributed by atoms with van der Waals surface area (Å²) in [6, 6.07) is 5.30. The Bertz CT molecular complexity index is 1030. The molecule has 1 aromatic carbocycles. The normalized spacial score (nSPS) is 11.2. The number of fused-ring (bicyclic) bond motifs is 2. The maximum absolute atomic E-state index is 12.9. The molecule has 130 valence electrons. The van der Waals surface area contributed by atoms with E-state index < -0.39 is 5.97 Å². The summed E-state index contributed by atoms with van der Waals surface area (Å²) < 4.78 is 11.1. The molecule has 0 bridgehead atoms. The van der Waals surface area contributed by atoms with Crippen LogP contribution >= 0.6 is 0 Å². The minimum absolute atomic E-state index is 0.177. The Kier molecular flexibility index (Phi) is 4.57. The van der Waals surface area contributed by atoms with Gasteiger partial charge in [-0.1, -0.05) is 19.4 Å². The predicted octanol–water partition coefficient (Wildman–Crippen LogP) is 4.22. The molecule has 0 atom stereocenters. The Morgan fingerprint density at radius 3 is 2.68 bits per heavy atom. The van der Waals surface area contributed by atoms with E-state index in [1.54, 1.807) is 6.92 Å². The zero-order valence-corrected chi connectivity index (χ0v) is 14.9. The van der Waals surface area contributed by atoms with Crippen molar-refractivity contribution in [2.24, 2.45) is 0 Å². The first-order valence-corrected chi connectivity index (χ1v) is 8.45. The number of rotatable bonds is 4. The van der Waals surface area contributed by atoms with Gasteiger partial charge in [0.1, 0.15) is 5.58 Å². The minimum Gasteiger partial charge on any atom is -0.462 e. The Morgan fingerprint density at radius 1 is 1.20 bits per heavy atom. The predicted molar refractivity (Wildman–Crippen MR) is 97.2 cm³/mol. The van der Waals surface area contributed by atoms with E-state index in [-0.39, 0.29) is 11.1 Å². The molecule has 25 heavy (non-hydrogen) atoms. The summed E-state index contributed by atoms with van der Waals surface area (Å²) in [5.74, 6) is -0.458. The summed E-state index contributed by atoms with van der Waals surface area (Å²) in [5.41, 5.74) is 3.23. The second-order valence-corrected chi connectivity index (χ2v) is 6.35. The van der Waals surface area contributed by atoms with Gasteiger partial charge in [0.2, 0.25) is 11.1 Å². The van der Waals surface area contributed by atoms with Crippen molar-refractivity contribution in [1.29, 1.82) is 0 Å². The summed E-state index contributed by atoms with van der Waals surface area (Å²) in [7, 11) is 0. The number of ether oxygens (including phenoxy) is 1. The van der Waals surface area contributed by atoms with Gasteiger partial charge in [-0.15, -0.1) is 0 Å². The van der Waals surface area contributed by atoms with Crippen LogP contribution in [0.2, 0.25) is 0 Å². The topological polar surface area (TPSA) is 69.4 Å². The van der Waals surface area contributed by atoms with Crippen LogP contribution in [0.3, 0.4) is 0 Å². The van der Waals surface area contributed by atoms with E-state index in [4.69, 9.17) is 9.15 Å². The van der Waals surface area contributed by atoms with Crippen molar-refractivity contribution in [3.8, 4) is 0 Å². The van der Waals surface area contributed by atoms with E-state index in [1.165, 1.54) is 6.07 Å². The van der Waals surface area contributed by atoms with Gasteiger partial charge in [0.15, 0.2) is 0 Å². The largest absolute Gasteiger partial charge is 0.462 e. The van der Waals surface area contributed by atoms with Crippen molar-refractivity contribution in [3.63, 3.8) is 0 Å². The molecule has 0 spiro atoms. The van der Waals surface area contributed by atoms with E-state index in [0.29, 0.717) is 34.2 Å². The summed E-state index contributed by atoms with van der Waals surface area (Å²) in [6.07, 6.45) is 1.74. The molecule has 0 aliphatic heterocycles. The number of hydrogen-bond acceptors (Lipinski definition) is 5. The number of pyridine rings is 1. The second-order valence-electron chi connectivity index (χ2n) is 6.35. The van der Waals surface area contributed by atoms with Gasteiger partial charge in [-0.2, -0.15) is 0 Å². The third-order valence-corrected chi connectivity index (χ3v) is 4.25. The number of carbonyl (C=O) groups excluding carboxylic acids is 1. The van der Waals surface area contributed by atoms with Crippen molar-refractivity contribution < 1.29 is 13.9 Å². The molecule has 5 nitrogen and oxygen atoms in total. The van der Waals surface area contributed by atoms with Crippen molar-refractivity contribution in [1.82, 2.24) is 4.98 Å². The maximum atomic E-state index is 12.9. The molecule has 3 rings (SSSR count). The number of esters is 1. The Morgan fingerprint density at radius 2 is 1.96 bits per heavy atom. The maximum Gasteiger partial charge on any atom is 0.340 e.